The number of carboxylic acid groups (broad SMARTS) is 1. The van der Waals surface area contributed by atoms with Gasteiger partial charge in [-0.3, -0.25) is 4.90 Å². The summed E-state index contributed by atoms with van der Waals surface area (Å²) in [7, 11) is 0. The van der Waals surface area contributed by atoms with Gasteiger partial charge in [0.25, 0.3) is 0 Å². The van der Waals surface area contributed by atoms with Crippen LogP contribution < -0.4 is 4.90 Å². The molecule has 0 bridgehead atoms. The monoisotopic (exact) mass is 367 g/mol. The summed E-state index contributed by atoms with van der Waals surface area (Å²) >= 11 is 0. The van der Waals surface area contributed by atoms with E-state index in [0.717, 1.165) is 11.3 Å². The summed E-state index contributed by atoms with van der Waals surface area (Å²) in [4.78, 5) is 32.2. The third kappa shape index (κ3) is 3.09. The van der Waals surface area contributed by atoms with Gasteiger partial charge in [-0.05, 0) is 24.6 Å². The number of hydrogen-bond acceptors (Lipinski definition) is 5. The van der Waals surface area contributed by atoms with Crippen LogP contribution in [0.4, 0.5) is 10.6 Å². The molecule has 3 heterocycles. The molecule has 0 saturated carbocycles. The Hall–Kier alpha value is -3.09. The summed E-state index contributed by atoms with van der Waals surface area (Å²) in [5.41, 5.74) is 1.51. The van der Waals surface area contributed by atoms with E-state index in [4.69, 9.17) is 4.74 Å². The third-order valence-corrected chi connectivity index (χ3v) is 5.26. The minimum atomic E-state index is -1.00. The number of aryl methyl sites for hydroxylation is 1. The molecule has 0 radical (unpaired) electrons. The highest BCUT2D eigenvalue weighted by molar-refractivity contribution is 5.93. The number of fused-ring (bicyclic) bond motifs is 1. The number of aromatic nitrogens is 1. The summed E-state index contributed by atoms with van der Waals surface area (Å²) in [5.74, 6) is -0.551. The van der Waals surface area contributed by atoms with Crippen molar-refractivity contribution in [3.05, 3.63) is 59.3 Å². The number of carboxylic acids is 1. The van der Waals surface area contributed by atoms with Crippen molar-refractivity contribution in [2.24, 2.45) is 0 Å². The van der Waals surface area contributed by atoms with E-state index in [1.807, 2.05) is 42.2 Å². The zero-order valence-corrected chi connectivity index (χ0v) is 15.1. The van der Waals surface area contributed by atoms with Gasteiger partial charge in [0.15, 0.2) is 0 Å². The highest BCUT2D eigenvalue weighted by Crippen LogP contribution is 2.34. The number of hydrogen-bond donors (Lipinski definition) is 1. The van der Waals surface area contributed by atoms with Gasteiger partial charge >= 0.3 is 12.1 Å². The second-order valence-corrected chi connectivity index (χ2v) is 7.14. The number of piperazine rings is 1. The molecule has 0 spiro atoms. The highest BCUT2D eigenvalue weighted by atomic mass is 16.6. The molecule has 1 amide bonds. The number of aromatic carboxylic acids is 1. The smallest absolute Gasteiger partial charge is 0.410 e. The fourth-order valence-electron chi connectivity index (χ4n) is 3.97. The zero-order valence-electron chi connectivity index (χ0n) is 15.1. The summed E-state index contributed by atoms with van der Waals surface area (Å²) in [6.45, 7) is 3.59. The molecule has 1 unspecified atom stereocenters. The fraction of sp³-hybridized carbons (Fsp3) is 0.350. The lowest BCUT2D eigenvalue weighted by atomic mass is 9.88. The normalized spacial score (nSPS) is 21.7. The van der Waals surface area contributed by atoms with Crippen molar-refractivity contribution in [2.45, 2.75) is 18.9 Å². The lowest BCUT2D eigenvalue weighted by molar-refractivity contribution is 0.0696. The van der Waals surface area contributed by atoms with Crippen molar-refractivity contribution in [3.8, 4) is 0 Å². The van der Waals surface area contributed by atoms with Gasteiger partial charge in [-0.1, -0.05) is 30.3 Å². The maximum absolute atomic E-state index is 12.3. The summed E-state index contributed by atoms with van der Waals surface area (Å²) in [6.07, 6.45) is 0.339. The number of benzene rings is 1. The average molecular weight is 367 g/mol. The molecule has 1 aromatic carbocycles. The molecular weight excluding hydrogens is 346 g/mol. The quantitative estimate of drug-likeness (QED) is 0.893. The van der Waals surface area contributed by atoms with Crippen molar-refractivity contribution in [1.82, 2.24) is 9.88 Å². The molecule has 1 aromatic heterocycles. The molecule has 140 valence electrons. The molecule has 2 aromatic rings. The maximum atomic E-state index is 12.3. The van der Waals surface area contributed by atoms with E-state index in [0.29, 0.717) is 31.9 Å². The Morgan fingerprint density at radius 3 is 2.74 bits per heavy atom. The predicted molar refractivity (Wildman–Crippen MR) is 99.1 cm³/mol. The number of carbonyl (C=O) groups excluding carboxylic acids is 1. The standard InChI is InChI=1S/C20H21N3O4/c1-14-7-8-16(18(24)25)17(21-14)22-9-10-23-19(26)27-13-20(23,12-22)11-15-5-3-2-4-6-15/h2-8H,9-13H2,1H3,(H,24,25). The molecule has 27 heavy (non-hydrogen) atoms. The number of amides is 1. The Morgan fingerprint density at radius 2 is 2.00 bits per heavy atom. The van der Waals surface area contributed by atoms with E-state index in [-0.39, 0.29) is 18.3 Å². The van der Waals surface area contributed by atoms with Gasteiger partial charge in [-0.25, -0.2) is 14.6 Å². The molecule has 1 N–H and O–H groups in total. The van der Waals surface area contributed by atoms with Gasteiger partial charge in [-0.15, -0.1) is 0 Å². The highest BCUT2D eigenvalue weighted by Gasteiger charge is 2.51. The van der Waals surface area contributed by atoms with Crippen LogP contribution in [0.3, 0.4) is 0 Å². The van der Waals surface area contributed by atoms with Gasteiger partial charge in [0.05, 0.1) is 0 Å². The Morgan fingerprint density at radius 1 is 1.22 bits per heavy atom. The van der Waals surface area contributed by atoms with E-state index in [9.17, 15) is 14.7 Å². The molecular formula is C20H21N3O4. The van der Waals surface area contributed by atoms with Crippen LogP contribution in [0, 0.1) is 6.92 Å². The predicted octanol–water partition coefficient (Wildman–Crippen LogP) is 2.34. The van der Waals surface area contributed by atoms with Gasteiger partial charge in [-0.2, -0.15) is 0 Å². The average Bonchev–Trinajstić information content (AvgIpc) is 2.98. The van der Waals surface area contributed by atoms with Crippen LogP contribution >= 0.6 is 0 Å². The number of cyclic esters (lactones) is 1. The van der Waals surface area contributed by atoms with Crippen LogP contribution in [0.25, 0.3) is 0 Å². The lowest BCUT2D eigenvalue weighted by Gasteiger charge is -2.45. The minimum absolute atomic E-state index is 0.175. The number of anilines is 1. The van der Waals surface area contributed by atoms with Crippen LogP contribution in [0.15, 0.2) is 42.5 Å². The van der Waals surface area contributed by atoms with Gasteiger partial charge in [0.1, 0.15) is 23.5 Å². The first-order valence-electron chi connectivity index (χ1n) is 8.93. The first kappa shape index (κ1) is 17.3. The molecule has 2 fully saturated rings. The zero-order chi connectivity index (χ0) is 19.0. The molecule has 0 aliphatic carbocycles. The van der Waals surface area contributed by atoms with Gasteiger partial charge < -0.3 is 14.7 Å². The lowest BCUT2D eigenvalue weighted by Crippen LogP contribution is -2.63. The molecule has 2 aliphatic heterocycles. The first-order chi connectivity index (χ1) is 13.0. The molecule has 1 atom stereocenters. The van der Waals surface area contributed by atoms with E-state index < -0.39 is 11.5 Å². The van der Waals surface area contributed by atoms with Crippen molar-refractivity contribution < 1.29 is 19.4 Å². The summed E-state index contributed by atoms with van der Waals surface area (Å²) in [5, 5.41) is 9.56. The molecule has 2 saturated heterocycles. The van der Waals surface area contributed by atoms with Crippen molar-refractivity contribution in [2.75, 3.05) is 31.1 Å². The van der Waals surface area contributed by atoms with Crippen LogP contribution in [-0.4, -0.2) is 58.8 Å². The maximum Gasteiger partial charge on any atom is 0.410 e. The van der Waals surface area contributed by atoms with Crippen molar-refractivity contribution >= 4 is 17.9 Å². The molecule has 7 nitrogen and oxygen atoms in total. The fourth-order valence-corrected chi connectivity index (χ4v) is 3.97. The van der Waals surface area contributed by atoms with Gasteiger partial charge in [0.2, 0.25) is 0 Å². The number of rotatable bonds is 4. The second kappa shape index (κ2) is 6.57. The topological polar surface area (TPSA) is 83.0 Å². The number of pyridine rings is 1. The Labute approximate surface area is 157 Å². The number of ether oxygens (including phenoxy) is 1. The largest absolute Gasteiger partial charge is 0.478 e. The summed E-state index contributed by atoms with van der Waals surface area (Å²) in [6, 6.07) is 13.2. The van der Waals surface area contributed by atoms with Crippen LogP contribution in [-0.2, 0) is 11.2 Å². The van der Waals surface area contributed by atoms with Crippen LogP contribution in [0.1, 0.15) is 21.6 Å². The van der Waals surface area contributed by atoms with Crippen molar-refractivity contribution in [3.63, 3.8) is 0 Å². The van der Waals surface area contributed by atoms with E-state index in [1.54, 1.807) is 17.0 Å². The minimum Gasteiger partial charge on any atom is -0.478 e. The van der Waals surface area contributed by atoms with E-state index in [1.165, 1.54) is 0 Å². The SMILES string of the molecule is Cc1ccc(C(=O)O)c(N2CCN3C(=O)OCC3(Cc3ccccc3)C2)n1. The molecule has 7 heteroatoms. The van der Waals surface area contributed by atoms with Crippen LogP contribution in [0.2, 0.25) is 0 Å². The second-order valence-electron chi connectivity index (χ2n) is 7.14. The Kier molecular flexibility index (Phi) is 4.22. The Balaban J connectivity index is 1.70. The Bertz CT molecular complexity index is 886. The third-order valence-electron chi connectivity index (χ3n) is 5.26. The van der Waals surface area contributed by atoms with Crippen LogP contribution in [0.5, 0.6) is 0 Å². The molecule has 2 aliphatic rings. The summed E-state index contributed by atoms with van der Waals surface area (Å²) < 4.78 is 5.38. The van der Waals surface area contributed by atoms with E-state index >= 15 is 0 Å². The van der Waals surface area contributed by atoms with Gasteiger partial charge in [0, 0.05) is 31.7 Å². The number of nitrogens with zero attached hydrogens (tertiary/aromatic N) is 3. The van der Waals surface area contributed by atoms with E-state index in [2.05, 4.69) is 4.98 Å². The molecule has 4 rings (SSSR count). The first-order valence-corrected chi connectivity index (χ1v) is 8.93. The van der Waals surface area contributed by atoms with Crippen molar-refractivity contribution in [1.29, 1.82) is 0 Å². The number of carbonyl (C=O) groups is 2.